The number of nitrogens with one attached hydrogen (secondary N) is 1. The fourth-order valence-electron chi connectivity index (χ4n) is 4.54. The van der Waals surface area contributed by atoms with Gasteiger partial charge in [-0.3, -0.25) is 9.59 Å². The summed E-state index contributed by atoms with van der Waals surface area (Å²) in [4.78, 5) is 45.2. The number of carbonyl (C=O) groups is 3. The van der Waals surface area contributed by atoms with Crippen LogP contribution < -0.4 is 0 Å². The molecule has 8 nitrogen and oxygen atoms in total. The Labute approximate surface area is 200 Å². The number of rotatable bonds is 8. The Morgan fingerprint density at radius 2 is 1.74 bits per heavy atom. The number of likely N-dealkylation sites (tertiary alicyclic amines) is 1. The van der Waals surface area contributed by atoms with Crippen LogP contribution in [0.2, 0.25) is 0 Å². The molecule has 8 heteroatoms. The number of hydrogen-bond acceptors (Lipinski definition) is 6. The number of methoxy groups -OCH3 is 1. The zero-order valence-corrected chi connectivity index (χ0v) is 20.7. The standard InChI is InChI=1S/C26H33N3O5/c1-7-28(8-2)13-14-29-22(18-11-9-15(3)10-12-18)20(24(31)25(29)32)23(30)19-16(4)21(26(33)34-6)27-17(19)5/h9-12,22,27,30H,7-8,13-14H2,1-6H3/b23-20+. The highest BCUT2D eigenvalue weighted by molar-refractivity contribution is 6.46. The fraction of sp³-hybridized carbons (Fsp3) is 0.423. The van der Waals surface area contributed by atoms with E-state index in [4.69, 9.17) is 4.74 Å². The molecule has 2 aromatic rings. The molecule has 1 atom stereocenters. The van der Waals surface area contributed by atoms with Gasteiger partial charge in [0, 0.05) is 24.3 Å². The van der Waals surface area contributed by atoms with Crippen LogP contribution in [0.15, 0.2) is 29.8 Å². The van der Waals surface area contributed by atoms with Crippen molar-refractivity contribution >= 4 is 23.4 Å². The van der Waals surface area contributed by atoms with E-state index in [1.807, 2.05) is 45.0 Å². The number of carbonyl (C=O) groups excluding carboxylic acids is 3. The zero-order valence-electron chi connectivity index (χ0n) is 20.7. The Balaban J connectivity index is 2.17. The smallest absolute Gasteiger partial charge is 0.354 e. The number of ketones is 1. The van der Waals surface area contributed by atoms with Crippen LogP contribution in [0, 0.1) is 20.8 Å². The number of ether oxygens (including phenoxy) is 1. The summed E-state index contributed by atoms with van der Waals surface area (Å²) in [6.45, 7) is 12.0. The van der Waals surface area contributed by atoms with Crippen molar-refractivity contribution in [3.05, 3.63) is 63.5 Å². The third-order valence-electron chi connectivity index (χ3n) is 6.55. The molecule has 1 aliphatic heterocycles. The molecular weight excluding hydrogens is 434 g/mol. The average molecular weight is 468 g/mol. The highest BCUT2D eigenvalue weighted by atomic mass is 16.5. The first-order valence-electron chi connectivity index (χ1n) is 11.5. The van der Waals surface area contributed by atoms with E-state index in [-0.39, 0.29) is 17.0 Å². The summed E-state index contributed by atoms with van der Waals surface area (Å²) in [7, 11) is 1.27. The monoisotopic (exact) mass is 467 g/mol. The molecule has 1 aromatic heterocycles. The SMILES string of the molecule is CCN(CC)CCN1C(=O)C(=O)/C(=C(/O)c2c(C)[nH]c(C(=O)OC)c2C)C1c1ccc(C)cc1. The number of likely N-dealkylation sites (N-methyl/N-ethyl adjacent to an activating group) is 1. The largest absolute Gasteiger partial charge is 0.507 e. The molecule has 1 amide bonds. The third-order valence-corrected chi connectivity index (χ3v) is 6.55. The number of H-pyrrole nitrogens is 1. The van der Waals surface area contributed by atoms with Crippen LogP contribution in [0.25, 0.3) is 5.76 Å². The van der Waals surface area contributed by atoms with Crippen molar-refractivity contribution in [3.63, 3.8) is 0 Å². The van der Waals surface area contributed by atoms with E-state index in [0.717, 1.165) is 24.2 Å². The maximum atomic E-state index is 13.3. The normalized spacial score (nSPS) is 17.6. The summed E-state index contributed by atoms with van der Waals surface area (Å²) in [6.07, 6.45) is 0. The number of Topliss-reactive ketones (excluding diaryl/α,β-unsaturated/α-hetero) is 1. The van der Waals surface area contributed by atoms with Gasteiger partial charge >= 0.3 is 5.97 Å². The lowest BCUT2D eigenvalue weighted by Crippen LogP contribution is -2.38. The van der Waals surface area contributed by atoms with Crippen LogP contribution >= 0.6 is 0 Å². The summed E-state index contributed by atoms with van der Waals surface area (Å²) in [5, 5.41) is 11.4. The molecule has 1 aliphatic rings. The highest BCUT2D eigenvalue weighted by Gasteiger charge is 2.46. The van der Waals surface area contributed by atoms with E-state index >= 15 is 0 Å². The Kier molecular flexibility index (Phi) is 7.61. The second-order valence-corrected chi connectivity index (χ2v) is 8.55. The highest BCUT2D eigenvalue weighted by Crippen LogP contribution is 2.40. The van der Waals surface area contributed by atoms with Crippen molar-refractivity contribution in [2.45, 2.75) is 40.7 Å². The second kappa shape index (κ2) is 10.3. The number of aliphatic hydroxyl groups is 1. The van der Waals surface area contributed by atoms with Gasteiger partial charge in [0.05, 0.1) is 18.7 Å². The van der Waals surface area contributed by atoms with Crippen molar-refractivity contribution in [2.24, 2.45) is 0 Å². The van der Waals surface area contributed by atoms with Crippen LogP contribution in [0.1, 0.15) is 58.3 Å². The van der Waals surface area contributed by atoms with Crippen molar-refractivity contribution < 1.29 is 24.2 Å². The summed E-state index contributed by atoms with van der Waals surface area (Å²) in [5.41, 5.74) is 3.30. The Morgan fingerprint density at radius 1 is 1.12 bits per heavy atom. The number of benzene rings is 1. The lowest BCUT2D eigenvalue weighted by Gasteiger charge is -2.28. The van der Waals surface area contributed by atoms with Gasteiger partial charge in [-0.1, -0.05) is 43.7 Å². The average Bonchev–Trinajstić information content (AvgIpc) is 3.26. The Hall–Kier alpha value is -3.39. The molecule has 1 unspecified atom stereocenters. The second-order valence-electron chi connectivity index (χ2n) is 8.55. The van der Waals surface area contributed by atoms with Gasteiger partial charge in [0.15, 0.2) is 0 Å². The summed E-state index contributed by atoms with van der Waals surface area (Å²) >= 11 is 0. The van der Waals surface area contributed by atoms with E-state index in [9.17, 15) is 19.5 Å². The van der Waals surface area contributed by atoms with Gasteiger partial charge in [-0.2, -0.15) is 0 Å². The lowest BCUT2D eigenvalue weighted by atomic mass is 9.93. The number of aliphatic hydroxyl groups excluding tert-OH is 1. The lowest BCUT2D eigenvalue weighted by molar-refractivity contribution is -0.140. The van der Waals surface area contributed by atoms with Crippen molar-refractivity contribution in [2.75, 3.05) is 33.3 Å². The molecule has 34 heavy (non-hydrogen) atoms. The molecule has 1 saturated heterocycles. The quantitative estimate of drug-likeness (QED) is 0.267. The summed E-state index contributed by atoms with van der Waals surface area (Å²) in [6, 6.07) is 6.86. The number of nitrogens with zero attached hydrogens (tertiary/aromatic N) is 2. The van der Waals surface area contributed by atoms with Gasteiger partial charge in [0.1, 0.15) is 11.5 Å². The fourth-order valence-corrected chi connectivity index (χ4v) is 4.54. The Morgan fingerprint density at radius 3 is 2.29 bits per heavy atom. The van der Waals surface area contributed by atoms with Crippen LogP contribution in [0.4, 0.5) is 0 Å². The van der Waals surface area contributed by atoms with Gasteiger partial charge in [-0.15, -0.1) is 0 Å². The molecule has 3 rings (SSSR count). The van der Waals surface area contributed by atoms with Crippen LogP contribution in [0.5, 0.6) is 0 Å². The van der Waals surface area contributed by atoms with Crippen LogP contribution in [-0.4, -0.2) is 70.8 Å². The zero-order chi connectivity index (χ0) is 25.2. The van der Waals surface area contributed by atoms with Gasteiger partial charge < -0.3 is 24.6 Å². The summed E-state index contributed by atoms with van der Waals surface area (Å²) < 4.78 is 4.82. The van der Waals surface area contributed by atoms with Crippen molar-refractivity contribution in [1.82, 2.24) is 14.8 Å². The first kappa shape index (κ1) is 25.2. The first-order valence-corrected chi connectivity index (χ1v) is 11.5. The predicted molar refractivity (Wildman–Crippen MR) is 130 cm³/mol. The molecule has 0 radical (unpaired) electrons. The van der Waals surface area contributed by atoms with E-state index in [1.165, 1.54) is 12.0 Å². The molecule has 1 fully saturated rings. The third kappa shape index (κ3) is 4.50. The maximum Gasteiger partial charge on any atom is 0.354 e. The minimum absolute atomic E-state index is 0.0232. The minimum Gasteiger partial charge on any atom is -0.507 e. The Bertz CT molecular complexity index is 1130. The molecule has 2 N–H and O–H groups in total. The number of amides is 1. The number of aromatic amines is 1. The predicted octanol–water partition coefficient (Wildman–Crippen LogP) is 3.49. The number of aromatic nitrogens is 1. The first-order chi connectivity index (χ1) is 16.2. The molecule has 0 spiro atoms. The van der Waals surface area contributed by atoms with E-state index in [1.54, 1.807) is 13.8 Å². The maximum absolute atomic E-state index is 13.3. The molecule has 1 aromatic carbocycles. The van der Waals surface area contributed by atoms with Gasteiger partial charge in [0.25, 0.3) is 11.7 Å². The van der Waals surface area contributed by atoms with E-state index in [0.29, 0.717) is 29.9 Å². The molecule has 2 heterocycles. The van der Waals surface area contributed by atoms with Crippen molar-refractivity contribution in [3.8, 4) is 0 Å². The molecule has 0 aliphatic carbocycles. The van der Waals surface area contributed by atoms with Crippen LogP contribution in [-0.2, 0) is 14.3 Å². The van der Waals surface area contributed by atoms with E-state index in [2.05, 4.69) is 9.88 Å². The van der Waals surface area contributed by atoms with Gasteiger partial charge in [-0.25, -0.2) is 4.79 Å². The molecular formula is C26H33N3O5. The topological polar surface area (TPSA) is 103 Å². The van der Waals surface area contributed by atoms with Gasteiger partial charge in [0.2, 0.25) is 0 Å². The molecule has 0 saturated carbocycles. The minimum atomic E-state index is -0.734. The van der Waals surface area contributed by atoms with E-state index < -0.39 is 23.7 Å². The van der Waals surface area contributed by atoms with Crippen molar-refractivity contribution in [1.29, 1.82) is 0 Å². The molecule has 182 valence electrons. The number of aryl methyl sites for hydroxylation is 2. The number of hydrogen-bond donors (Lipinski definition) is 2. The van der Waals surface area contributed by atoms with Crippen LogP contribution in [0.3, 0.4) is 0 Å². The number of esters is 1. The summed E-state index contributed by atoms with van der Waals surface area (Å²) in [5.74, 6) is -2.24. The molecule has 0 bridgehead atoms. The van der Waals surface area contributed by atoms with Gasteiger partial charge in [-0.05, 0) is 45.0 Å².